The Balaban J connectivity index is 1.20. The molecule has 3 nitrogen and oxygen atoms in total. The number of rotatable bonds is 5. The van der Waals surface area contributed by atoms with Gasteiger partial charge in [-0.25, -0.2) is 9.97 Å². The van der Waals surface area contributed by atoms with E-state index >= 15 is 0 Å². The molecule has 0 amide bonds. The molecule has 3 heteroatoms. The minimum atomic E-state index is 0.967. The first-order valence-corrected chi connectivity index (χ1v) is 15.1. The van der Waals surface area contributed by atoms with Gasteiger partial charge in [-0.15, -0.1) is 0 Å². The Kier molecular flexibility index (Phi) is 6.42. The van der Waals surface area contributed by atoms with Gasteiger partial charge in [0, 0.05) is 34.1 Å². The molecule has 43 heavy (non-hydrogen) atoms. The van der Waals surface area contributed by atoms with Crippen LogP contribution in [0.2, 0.25) is 0 Å². The maximum absolute atomic E-state index is 5.13. The number of fused-ring (bicyclic) bond motifs is 3. The van der Waals surface area contributed by atoms with Crippen LogP contribution in [-0.4, -0.2) is 14.5 Å². The van der Waals surface area contributed by atoms with E-state index in [1.165, 1.54) is 51.9 Å². The largest absolute Gasteiger partial charge is 0.298 e. The van der Waals surface area contributed by atoms with Crippen molar-refractivity contribution in [3.8, 4) is 50.5 Å². The van der Waals surface area contributed by atoms with Crippen LogP contribution in [0.3, 0.4) is 0 Å². The smallest absolute Gasteiger partial charge is 0.144 e. The molecule has 0 spiro atoms. The van der Waals surface area contributed by atoms with Crippen LogP contribution in [0, 0.1) is 0 Å². The molecular formula is C40H31N3. The summed E-state index contributed by atoms with van der Waals surface area (Å²) in [5.74, 6) is 0. The topological polar surface area (TPSA) is 30.7 Å². The lowest BCUT2D eigenvalue weighted by Gasteiger charge is -2.16. The van der Waals surface area contributed by atoms with E-state index in [0.29, 0.717) is 0 Å². The van der Waals surface area contributed by atoms with Crippen molar-refractivity contribution in [2.45, 2.75) is 25.7 Å². The van der Waals surface area contributed by atoms with Crippen molar-refractivity contribution in [2.75, 3.05) is 0 Å². The van der Waals surface area contributed by atoms with Crippen molar-refractivity contribution in [2.24, 2.45) is 0 Å². The van der Waals surface area contributed by atoms with Gasteiger partial charge in [0.2, 0.25) is 0 Å². The second-order valence-corrected chi connectivity index (χ2v) is 11.3. The molecule has 206 valence electrons. The zero-order chi connectivity index (χ0) is 28.6. The van der Waals surface area contributed by atoms with Crippen molar-refractivity contribution in [1.29, 1.82) is 0 Å². The van der Waals surface area contributed by atoms with Crippen molar-refractivity contribution in [3.63, 3.8) is 0 Å². The summed E-state index contributed by atoms with van der Waals surface area (Å²) in [6, 6.07) is 47.4. The Morgan fingerprint density at radius 1 is 0.488 bits per heavy atom. The van der Waals surface area contributed by atoms with Crippen LogP contribution in [-0.2, 0) is 12.8 Å². The molecule has 0 bridgehead atoms. The second kappa shape index (κ2) is 10.8. The van der Waals surface area contributed by atoms with Crippen molar-refractivity contribution < 1.29 is 0 Å². The lowest BCUT2D eigenvalue weighted by molar-refractivity contribution is 0.666. The van der Waals surface area contributed by atoms with Gasteiger partial charge >= 0.3 is 0 Å². The first kappa shape index (κ1) is 25.4. The van der Waals surface area contributed by atoms with E-state index in [0.717, 1.165) is 46.6 Å². The summed E-state index contributed by atoms with van der Waals surface area (Å²) in [6.45, 7) is 0. The van der Waals surface area contributed by atoms with Crippen molar-refractivity contribution in [1.82, 2.24) is 14.5 Å². The van der Waals surface area contributed by atoms with Crippen LogP contribution in [0.15, 0.2) is 140 Å². The average molecular weight is 554 g/mol. The van der Waals surface area contributed by atoms with Gasteiger partial charge in [-0.2, -0.15) is 0 Å². The molecule has 8 rings (SSSR count). The maximum Gasteiger partial charge on any atom is 0.144 e. The third-order valence-corrected chi connectivity index (χ3v) is 8.67. The Bertz CT molecular complexity index is 2040. The highest BCUT2D eigenvalue weighted by atomic mass is 15.1. The number of nitrogens with zero attached hydrogens (tertiary/aromatic N) is 3. The van der Waals surface area contributed by atoms with Gasteiger partial charge < -0.3 is 0 Å². The fraction of sp³-hybridized carbons (Fsp3) is 0.100. The summed E-state index contributed by atoms with van der Waals surface area (Å²) < 4.78 is 2.38. The highest BCUT2D eigenvalue weighted by Gasteiger charge is 2.21. The standard InChI is InChI=1S/C40H31N3/c1-3-10-28(11-4-1)29-17-19-32(20-18-29)38-27-33(26-37(42-38)31-12-5-2-6-13-31)30-21-23-34(24-22-30)43-39-16-8-7-14-35(39)36-15-9-25-41-40(36)43/h1-6,9-13,15,17-27H,7-8,14,16H2. The summed E-state index contributed by atoms with van der Waals surface area (Å²) >= 11 is 0. The van der Waals surface area contributed by atoms with E-state index in [2.05, 4.69) is 132 Å². The number of benzene rings is 4. The van der Waals surface area contributed by atoms with Crippen LogP contribution >= 0.6 is 0 Å². The molecule has 0 unspecified atom stereocenters. The number of aryl methyl sites for hydroxylation is 1. The molecule has 1 aliphatic rings. The van der Waals surface area contributed by atoms with E-state index in [4.69, 9.17) is 9.97 Å². The van der Waals surface area contributed by atoms with E-state index in [1.54, 1.807) is 0 Å². The quantitative estimate of drug-likeness (QED) is 0.212. The normalized spacial score (nSPS) is 12.7. The zero-order valence-electron chi connectivity index (χ0n) is 23.9. The van der Waals surface area contributed by atoms with Crippen LogP contribution in [0.4, 0.5) is 0 Å². The molecule has 0 N–H and O–H groups in total. The summed E-state index contributed by atoms with van der Waals surface area (Å²) in [4.78, 5) is 9.94. The fourth-order valence-electron chi connectivity index (χ4n) is 6.51. The highest BCUT2D eigenvalue weighted by molar-refractivity contribution is 5.85. The molecule has 3 aromatic heterocycles. The lowest BCUT2D eigenvalue weighted by atomic mass is 9.96. The minimum absolute atomic E-state index is 0.967. The van der Waals surface area contributed by atoms with Gasteiger partial charge in [0.15, 0.2) is 0 Å². The first-order valence-electron chi connectivity index (χ1n) is 15.1. The molecule has 0 aliphatic heterocycles. The van der Waals surface area contributed by atoms with Crippen molar-refractivity contribution in [3.05, 3.63) is 151 Å². The molecule has 0 saturated carbocycles. The van der Waals surface area contributed by atoms with Crippen LogP contribution in [0.5, 0.6) is 0 Å². The van der Waals surface area contributed by atoms with Gasteiger partial charge in [0.1, 0.15) is 5.65 Å². The van der Waals surface area contributed by atoms with Crippen molar-refractivity contribution >= 4 is 11.0 Å². The third kappa shape index (κ3) is 4.73. The van der Waals surface area contributed by atoms with Gasteiger partial charge in [-0.05, 0) is 89.9 Å². The van der Waals surface area contributed by atoms with Gasteiger partial charge in [0.05, 0.1) is 11.4 Å². The molecule has 7 aromatic rings. The first-order chi connectivity index (χ1) is 21.3. The average Bonchev–Trinajstić information content (AvgIpc) is 3.43. The predicted octanol–water partition coefficient (Wildman–Crippen LogP) is 9.97. The molecule has 3 heterocycles. The Hall–Kier alpha value is -5.28. The van der Waals surface area contributed by atoms with Crippen LogP contribution in [0.25, 0.3) is 61.5 Å². The summed E-state index contributed by atoms with van der Waals surface area (Å²) in [5, 5.41) is 1.30. The zero-order valence-corrected chi connectivity index (χ0v) is 23.9. The molecule has 0 saturated heterocycles. The van der Waals surface area contributed by atoms with E-state index < -0.39 is 0 Å². The molecule has 0 atom stereocenters. The summed E-state index contributed by atoms with van der Waals surface area (Å²) in [5.41, 5.74) is 14.0. The lowest BCUT2D eigenvalue weighted by Crippen LogP contribution is -2.07. The summed E-state index contributed by atoms with van der Waals surface area (Å²) in [6.07, 6.45) is 6.63. The van der Waals surface area contributed by atoms with E-state index in [1.807, 2.05) is 12.3 Å². The molecular weight excluding hydrogens is 522 g/mol. The molecule has 1 aliphatic carbocycles. The number of hydrogen-bond acceptors (Lipinski definition) is 2. The van der Waals surface area contributed by atoms with Gasteiger partial charge in [-0.1, -0.05) is 97.1 Å². The Morgan fingerprint density at radius 2 is 1.05 bits per heavy atom. The van der Waals surface area contributed by atoms with E-state index in [-0.39, 0.29) is 0 Å². The second-order valence-electron chi connectivity index (χ2n) is 11.3. The Labute approximate surface area is 252 Å². The molecule has 0 fully saturated rings. The maximum atomic E-state index is 5.13. The van der Waals surface area contributed by atoms with E-state index in [9.17, 15) is 0 Å². The third-order valence-electron chi connectivity index (χ3n) is 8.67. The number of aromatic nitrogens is 3. The predicted molar refractivity (Wildman–Crippen MR) is 177 cm³/mol. The van der Waals surface area contributed by atoms with Gasteiger partial charge in [0.25, 0.3) is 0 Å². The monoisotopic (exact) mass is 553 g/mol. The molecule has 4 aromatic carbocycles. The Morgan fingerprint density at radius 3 is 1.77 bits per heavy atom. The van der Waals surface area contributed by atoms with Crippen LogP contribution in [0.1, 0.15) is 24.1 Å². The van der Waals surface area contributed by atoms with Crippen LogP contribution < -0.4 is 0 Å². The summed E-state index contributed by atoms with van der Waals surface area (Å²) in [7, 11) is 0. The number of hydrogen-bond donors (Lipinski definition) is 0. The minimum Gasteiger partial charge on any atom is -0.298 e. The fourth-order valence-corrected chi connectivity index (χ4v) is 6.51. The molecule has 0 radical (unpaired) electrons. The number of pyridine rings is 2. The highest BCUT2D eigenvalue weighted by Crippen LogP contribution is 2.35. The van der Waals surface area contributed by atoms with Gasteiger partial charge in [-0.3, -0.25) is 4.57 Å². The SMILES string of the molecule is c1ccc(-c2ccc(-c3cc(-c4ccc(-n5c6c(c7cccnc75)CCCC6)cc4)cc(-c4ccccc4)n3)cc2)cc1.